The van der Waals surface area contributed by atoms with Crippen LogP contribution < -0.4 is 0 Å². The summed E-state index contributed by atoms with van der Waals surface area (Å²) in [6, 6.07) is 0. The van der Waals surface area contributed by atoms with Crippen molar-refractivity contribution in [2.75, 3.05) is 19.8 Å². The third kappa shape index (κ3) is 4.98. The summed E-state index contributed by atoms with van der Waals surface area (Å²) in [4.78, 5) is 0. The maximum Gasteiger partial charge on any atom is 0.0626 e. The van der Waals surface area contributed by atoms with Crippen molar-refractivity contribution in [3.05, 3.63) is 0 Å². The van der Waals surface area contributed by atoms with Crippen molar-refractivity contribution in [2.45, 2.75) is 58.5 Å². The fraction of sp³-hybridized carbons (Fsp3) is 1.00. The number of hydrogen-bond acceptors (Lipinski definition) is 2. The van der Waals surface area contributed by atoms with Gasteiger partial charge in [-0.15, -0.1) is 0 Å². The zero-order valence-electron chi connectivity index (χ0n) is 10.3. The molecule has 1 aliphatic heterocycles. The first-order valence-electron chi connectivity index (χ1n) is 6.57. The fourth-order valence-electron chi connectivity index (χ4n) is 2.10. The number of ether oxygens (including phenoxy) is 2. The Morgan fingerprint density at radius 3 is 2.53 bits per heavy atom. The Balaban J connectivity index is 2.03. The van der Waals surface area contributed by atoms with Gasteiger partial charge < -0.3 is 9.47 Å². The molecule has 1 saturated heterocycles. The van der Waals surface area contributed by atoms with Crippen LogP contribution in [0.5, 0.6) is 0 Å². The smallest absolute Gasteiger partial charge is 0.0626 e. The largest absolute Gasteiger partial charge is 0.381 e. The zero-order valence-corrected chi connectivity index (χ0v) is 10.3. The molecular formula is C13H26O2. The quantitative estimate of drug-likeness (QED) is 0.548. The summed E-state index contributed by atoms with van der Waals surface area (Å²) in [7, 11) is 0. The molecule has 0 bridgehead atoms. The van der Waals surface area contributed by atoms with Crippen molar-refractivity contribution >= 4 is 0 Å². The first-order valence-corrected chi connectivity index (χ1v) is 6.57. The lowest BCUT2D eigenvalue weighted by molar-refractivity contribution is -0.0924. The first kappa shape index (κ1) is 13.0. The molecule has 1 fully saturated rings. The molecule has 2 heteroatoms. The van der Waals surface area contributed by atoms with Crippen molar-refractivity contribution < 1.29 is 9.47 Å². The Bertz CT molecular complexity index is 143. The highest BCUT2D eigenvalue weighted by Crippen LogP contribution is 2.26. The molecule has 2 nitrogen and oxygen atoms in total. The van der Waals surface area contributed by atoms with E-state index >= 15 is 0 Å². The van der Waals surface area contributed by atoms with Crippen LogP contribution in [0, 0.1) is 5.92 Å². The molecule has 0 spiro atoms. The molecule has 0 radical (unpaired) electrons. The van der Waals surface area contributed by atoms with Crippen LogP contribution in [0.15, 0.2) is 0 Å². The summed E-state index contributed by atoms with van der Waals surface area (Å²) in [6.07, 6.45) is 7.96. The Hall–Kier alpha value is -0.0800. The SMILES string of the molecule is CCCCOCCC(CCC)C1CCO1. The third-order valence-corrected chi connectivity index (χ3v) is 3.19. The maximum absolute atomic E-state index is 5.61. The minimum atomic E-state index is 0.541. The van der Waals surface area contributed by atoms with Crippen molar-refractivity contribution in [3.63, 3.8) is 0 Å². The highest BCUT2D eigenvalue weighted by molar-refractivity contribution is 4.75. The summed E-state index contributed by atoms with van der Waals surface area (Å²) in [5.41, 5.74) is 0. The van der Waals surface area contributed by atoms with Gasteiger partial charge in [-0.2, -0.15) is 0 Å². The van der Waals surface area contributed by atoms with Crippen molar-refractivity contribution in [1.29, 1.82) is 0 Å². The fourth-order valence-corrected chi connectivity index (χ4v) is 2.10. The van der Waals surface area contributed by atoms with E-state index in [1.54, 1.807) is 0 Å². The van der Waals surface area contributed by atoms with Gasteiger partial charge in [-0.25, -0.2) is 0 Å². The van der Waals surface area contributed by atoms with Crippen LogP contribution >= 0.6 is 0 Å². The van der Waals surface area contributed by atoms with Gasteiger partial charge >= 0.3 is 0 Å². The maximum atomic E-state index is 5.61. The van der Waals surface area contributed by atoms with E-state index in [1.165, 1.54) is 38.5 Å². The van der Waals surface area contributed by atoms with Crippen LogP contribution in [0.4, 0.5) is 0 Å². The summed E-state index contributed by atoms with van der Waals surface area (Å²) in [5.74, 6) is 0.741. The van der Waals surface area contributed by atoms with E-state index in [-0.39, 0.29) is 0 Å². The van der Waals surface area contributed by atoms with E-state index in [1.807, 2.05) is 0 Å². The van der Waals surface area contributed by atoms with Gasteiger partial charge in [0.2, 0.25) is 0 Å². The second-order valence-electron chi connectivity index (χ2n) is 4.50. The lowest BCUT2D eigenvalue weighted by Gasteiger charge is -2.34. The molecule has 1 rings (SSSR count). The van der Waals surface area contributed by atoms with Crippen LogP contribution in [0.3, 0.4) is 0 Å². The van der Waals surface area contributed by atoms with Gasteiger partial charge in [-0.05, 0) is 31.6 Å². The van der Waals surface area contributed by atoms with Crippen molar-refractivity contribution in [3.8, 4) is 0 Å². The monoisotopic (exact) mass is 214 g/mol. The summed E-state index contributed by atoms with van der Waals surface area (Å²) >= 11 is 0. The number of rotatable bonds is 9. The Labute approximate surface area is 94.3 Å². The molecule has 0 aromatic carbocycles. The molecule has 0 aromatic rings. The van der Waals surface area contributed by atoms with E-state index in [2.05, 4.69) is 13.8 Å². The van der Waals surface area contributed by atoms with Crippen molar-refractivity contribution in [2.24, 2.45) is 5.92 Å². The highest BCUT2D eigenvalue weighted by atomic mass is 16.5. The van der Waals surface area contributed by atoms with E-state index in [0.717, 1.165) is 25.7 Å². The average Bonchev–Trinajstić information content (AvgIpc) is 2.15. The standard InChI is InChI=1S/C13H26O2/c1-3-5-9-14-10-7-12(6-4-2)13-8-11-15-13/h12-13H,3-11H2,1-2H3. The van der Waals surface area contributed by atoms with Crippen molar-refractivity contribution in [1.82, 2.24) is 0 Å². The Morgan fingerprint density at radius 1 is 1.20 bits per heavy atom. The van der Waals surface area contributed by atoms with Crippen LogP contribution in [0.1, 0.15) is 52.4 Å². The average molecular weight is 214 g/mol. The zero-order chi connectivity index (χ0) is 10.9. The Kier molecular flexibility index (Phi) is 7.03. The second-order valence-corrected chi connectivity index (χ2v) is 4.50. The van der Waals surface area contributed by atoms with Crippen LogP contribution in [0.2, 0.25) is 0 Å². The van der Waals surface area contributed by atoms with Crippen LogP contribution in [-0.2, 0) is 9.47 Å². The lowest BCUT2D eigenvalue weighted by atomic mass is 9.90. The van der Waals surface area contributed by atoms with Gasteiger partial charge in [0.1, 0.15) is 0 Å². The van der Waals surface area contributed by atoms with Gasteiger partial charge in [-0.3, -0.25) is 0 Å². The van der Waals surface area contributed by atoms with Gasteiger partial charge in [0.05, 0.1) is 6.10 Å². The second kappa shape index (κ2) is 8.12. The molecule has 90 valence electrons. The molecule has 2 atom stereocenters. The molecule has 15 heavy (non-hydrogen) atoms. The van der Waals surface area contributed by atoms with Gasteiger partial charge in [0, 0.05) is 19.8 Å². The third-order valence-electron chi connectivity index (χ3n) is 3.19. The minimum absolute atomic E-state index is 0.541. The summed E-state index contributed by atoms with van der Waals surface area (Å²) in [5, 5.41) is 0. The van der Waals surface area contributed by atoms with E-state index in [9.17, 15) is 0 Å². The number of unbranched alkanes of at least 4 members (excludes halogenated alkanes) is 1. The van der Waals surface area contributed by atoms with Gasteiger partial charge in [-0.1, -0.05) is 26.7 Å². The topological polar surface area (TPSA) is 18.5 Å². The molecule has 1 aliphatic rings. The molecule has 0 aliphatic carbocycles. The molecule has 0 amide bonds. The van der Waals surface area contributed by atoms with E-state index < -0.39 is 0 Å². The Morgan fingerprint density at radius 2 is 2.00 bits per heavy atom. The molecule has 0 aromatic heterocycles. The normalized spacial score (nSPS) is 22.4. The molecular weight excluding hydrogens is 188 g/mol. The van der Waals surface area contributed by atoms with E-state index in [4.69, 9.17) is 9.47 Å². The molecule has 2 unspecified atom stereocenters. The van der Waals surface area contributed by atoms with Crippen LogP contribution in [-0.4, -0.2) is 25.9 Å². The minimum Gasteiger partial charge on any atom is -0.381 e. The lowest BCUT2D eigenvalue weighted by Crippen LogP contribution is -2.35. The molecule has 1 heterocycles. The first-order chi connectivity index (χ1) is 7.38. The molecule has 0 saturated carbocycles. The van der Waals surface area contributed by atoms with Gasteiger partial charge in [0.25, 0.3) is 0 Å². The van der Waals surface area contributed by atoms with Crippen LogP contribution in [0.25, 0.3) is 0 Å². The predicted molar refractivity (Wildman–Crippen MR) is 63.1 cm³/mol. The highest BCUT2D eigenvalue weighted by Gasteiger charge is 2.27. The van der Waals surface area contributed by atoms with E-state index in [0.29, 0.717) is 6.10 Å². The van der Waals surface area contributed by atoms with Gasteiger partial charge in [0.15, 0.2) is 0 Å². The molecule has 0 N–H and O–H groups in total. The summed E-state index contributed by atoms with van der Waals surface area (Å²) in [6.45, 7) is 7.28. The summed E-state index contributed by atoms with van der Waals surface area (Å²) < 4.78 is 11.2. The number of hydrogen-bond donors (Lipinski definition) is 0. The predicted octanol–water partition coefficient (Wildman–Crippen LogP) is 3.40.